The Hall–Kier alpha value is -1.53. The first-order chi connectivity index (χ1) is 7.29. The molecular weight excluding hydrogens is 188 g/mol. The van der Waals surface area contributed by atoms with E-state index in [2.05, 4.69) is 36.1 Å². The third-order valence-corrected chi connectivity index (χ3v) is 2.58. The summed E-state index contributed by atoms with van der Waals surface area (Å²) >= 11 is 0. The van der Waals surface area contributed by atoms with Crippen LogP contribution in [0.4, 0.5) is 5.69 Å². The van der Waals surface area contributed by atoms with Crippen molar-refractivity contribution >= 4 is 5.69 Å². The van der Waals surface area contributed by atoms with E-state index in [1.807, 2.05) is 6.07 Å². The molecule has 1 heterocycles. The average molecular weight is 202 g/mol. The van der Waals surface area contributed by atoms with Crippen molar-refractivity contribution in [2.45, 2.75) is 13.0 Å². The second-order valence-electron chi connectivity index (χ2n) is 3.77. The van der Waals surface area contributed by atoms with Crippen LogP contribution in [0, 0.1) is 18.3 Å². The maximum atomic E-state index is 8.81. The number of nitriles is 1. The van der Waals surface area contributed by atoms with Crippen LogP contribution in [0.1, 0.15) is 5.56 Å². The predicted molar refractivity (Wildman–Crippen MR) is 58.7 cm³/mol. The number of nitrogens with zero attached hydrogens (tertiary/aromatic N) is 2. The number of ether oxygens (including phenoxy) is 1. The lowest BCUT2D eigenvalue weighted by atomic mass is 10.2. The van der Waals surface area contributed by atoms with Crippen molar-refractivity contribution < 1.29 is 4.74 Å². The average Bonchev–Trinajstić information content (AvgIpc) is 2.29. The summed E-state index contributed by atoms with van der Waals surface area (Å²) in [6.07, 6.45) is -0.292. The molecule has 1 saturated heterocycles. The van der Waals surface area contributed by atoms with Crippen LogP contribution in [0.2, 0.25) is 0 Å². The molecule has 0 radical (unpaired) electrons. The fraction of sp³-hybridized carbons (Fsp3) is 0.417. The molecule has 1 aromatic rings. The molecule has 1 aromatic carbocycles. The Morgan fingerprint density at radius 3 is 3.13 bits per heavy atom. The summed E-state index contributed by atoms with van der Waals surface area (Å²) in [6.45, 7) is 4.24. The Labute approximate surface area is 89.9 Å². The zero-order chi connectivity index (χ0) is 10.7. The minimum atomic E-state index is -0.292. The Morgan fingerprint density at radius 1 is 1.53 bits per heavy atom. The summed E-state index contributed by atoms with van der Waals surface area (Å²) in [6, 6.07) is 10.5. The molecule has 3 heteroatoms. The molecule has 0 N–H and O–H groups in total. The Morgan fingerprint density at radius 2 is 2.40 bits per heavy atom. The van der Waals surface area contributed by atoms with Gasteiger partial charge in [-0.05, 0) is 24.6 Å². The predicted octanol–water partition coefficient (Wildman–Crippen LogP) is 1.72. The van der Waals surface area contributed by atoms with E-state index >= 15 is 0 Å². The maximum Gasteiger partial charge on any atom is 0.161 e. The van der Waals surface area contributed by atoms with Crippen LogP contribution in [0.3, 0.4) is 0 Å². The lowest BCUT2D eigenvalue weighted by Crippen LogP contribution is -2.41. The summed E-state index contributed by atoms with van der Waals surface area (Å²) in [4.78, 5) is 2.20. The van der Waals surface area contributed by atoms with E-state index < -0.39 is 0 Å². The van der Waals surface area contributed by atoms with Gasteiger partial charge in [-0.25, -0.2) is 0 Å². The van der Waals surface area contributed by atoms with Gasteiger partial charge in [0.2, 0.25) is 0 Å². The van der Waals surface area contributed by atoms with Crippen LogP contribution in [0.5, 0.6) is 0 Å². The fourth-order valence-electron chi connectivity index (χ4n) is 1.79. The molecule has 0 bridgehead atoms. The Balaban J connectivity index is 2.14. The molecule has 3 nitrogen and oxygen atoms in total. The normalized spacial score (nSPS) is 21.1. The highest BCUT2D eigenvalue weighted by atomic mass is 16.5. The summed E-state index contributed by atoms with van der Waals surface area (Å²) in [7, 11) is 0. The van der Waals surface area contributed by atoms with E-state index in [1.54, 1.807) is 0 Å². The number of aryl methyl sites for hydroxylation is 1. The van der Waals surface area contributed by atoms with E-state index in [1.165, 1.54) is 11.3 Å². The number of rotatable bonds is 1. The van der Waals surface area contributed by atoms with Crippen molar-refractivity contribution in [2.75, 3.05) is 24.6 Å². The molecule has 1 aliphatic rings. The summed E-state index contributed by atoms with van der Waals surface area (Å²) in [5, 5.41) is 8.81. The van der Waals surface area contributed by atoms with Crippen LogP contribution < -0.4 is 4.90 Å². The van der Waals surface area contributed by atoms with Crippen LogP contribution >= 0.6 is 0 Å². The van der Waals surface area contributed by atoms with Gasteiger partial charge in [0.15, 0.2) is 6.10 Å². The highest BCUT2D eigenvalue weighted by Gasteiger charge is 2.19. The van der Waals surface area contributed by atoms with Gasteiger partial charge in [-0.3, -0.25) is 0 Å². The molecular formula is C12H14N2O. The second kappa shape index (κ2) is 4.33. The standard InChI is InChI=1S/C12H14N2O/c1-10-3-2-4-11(7-10)14-5-6-15-12(8-13)9-14/h2-4,7,12H,5-6,9H2,1H3. The zero-order valence-electron chi connectivity index (χ0n) is 8.81. The van der Waals surface area contributed by atoms with Gasteiger partial charge in [0.1, 0.15) is 0 Å². The van der Waals surface area contributed by atoms with Crippen molar-refractivity contribution in [1.29, 1.82) is 5.26 Å². The molecule has 0 aromatic heterocycles. The van der Waals surface area contributed by atoms with E-state index in [0.29, 0.717) is 13.2 Å². The van der Waals surface area contributed by atoms with E-state index in [9.17, 15) is 0 Å². The van der Waals surface area contributed by atoms with Crippen LogP contribution in [0.15, 0.2) is 24.3 Å². The molecule has 0 amide bonds. The quantitative estimate of drug-likeness (QED) is 0.695. The topological polar surface area (TPSA) is 36.3 Å². The largest absolute Gasteiger partial charge is 0.366 e. The lowest BCUT2D eigenvalue weighted by molar-refractivity contribution is 0.0764. The van der Waals surface area contributed by atoms with Gasteiger partial charge in [0.25, 0.3) is 0 Å². The number of hydrogen-bond acceptors (Lipinski definition) is 3. The molecule has 0 spiro atoms. The van der Waals surface area contributed by atoms with Gasteiger partial charge in [0, 0.05) is 12.2 Å². The second-order valence-corrected chi connectivity index (χ2v) is 3.77. The SMILES string of the molecule is Cc1cccc(N2CCOC(C#N)C2)c1. The molecule has 0 aliphatic carbocycles. The summed E-state index contributed by atoms with van der Waals surface area (Å²) < 4.78 is 5.31. The fourth-order valence-corrected chi connectivity index (χ4v) is 1.79. The van der Waals surface area contributed by atoms with Gasteiger partial charge >= 0.3 is 0 Å². The van der Waals surface area contributed by atoms with Crippen LogP contribution in [0.25, 0.3) is 0 Å². The van der Waals surface area contributed by atoms with E-state index in [4.69, 9.17) is 10.00 Å². The highest BCUT2D eigenvalue weighted by molar-refractivity contribution is 5.49. The first-order valence-corrected chi connectivity index (χ1v) is 5.12. The van der Waals surface area contributed by atoms with E-state index in [-0.39, 0.29) is 6.10 Å². The van der Waals surface area contributed by atoms with Crippen molar-refractivity contribution in [3.05, 3.63) is 29.8 Å². The highest BCUT2D eigenvalue weighted by Crippen LogP contribution is 2.18. The van der Waals surface area contributed by atoms with Gasteiger partial charge in [-0.2, -0.15) is 5.26 Å². The van der Waals surface area contributed by atoms with Crippen molar-refractivity contribution in [3.63, 3.8) is 0 Å². The Kier molecular flexibility index (Phi) is 2.89. The molecule has 2 rings (SSSR count). The summed E-state index contributed by atoms with van der Waals surface area (Å²) in [5.41, 5.74) is 2.42. The van der Waals surface area contributed by atoms with Crippen molar-refractivity contribution in [2.24, 2.45) is 0 Å². The van der Waals surface area contributed by atoms with Gasteiger partial charge in [0.05, 0.1) is 19.2 Å². The smallest absolute Gasteiger partial charge is 0.161 e. The molecule has 1 atom stereocenters. The molecule has 78 valence electrons. The third kappa shape index (κ3) is 2.28. The van der Waals surface area contributed by atoms with E-state index in [0.717, 1.165) is 6.54 Å². The van der Waals surface area contributed by atoms with Gasteiger partial charge in [-0.1, -0.05) is 12.1 Å². The first-order valence-electron chi connectivity index (χ1n) is 5.12. The Bertz CT molecular complexity index is 383. The number of morpholine rings is 1. The first kappa shape index (κ1) is 10.0. The third-order valence-electron chi connectivity index (χ3n) is 2.58. The molecule has 1 aliphatic heterocycles. The minimum absolute atomic E-state index is 0.292. The van der Waals surface area contributed by atoms with Gasteiger partial charge < -0.3 is 9.64 Å². The lowest BCUT2D eigenvalue weighted by Gasteiger charge is -2.31. The van der Waals surface area contributed by atoms with Crippen molar-refractivity contribution in [1.82, 2.24) is 0 Å². The summed E-state index contributed by atoms with van der Waals surface area (Å²) in [5.74, 6) is 0. The number of anilines is 1. The molecule has 1 fully saturated rings. The molecule has 0 saturated carbocycles. The maximum absolute atomic E-state index is 8.81. The van der Waals surface area contributed by atoms with Crippen LogP contribution in [-0.2, 0) is 4.74 Å². The number of hydrogen-bond donors (Lipinski definition) is 0. The van der Waals surface area contributed by atoms with Crippen molar-refractivity contribution in [3.8, 4) is 6.07 Å². The molecule has 15 heavy (non-hydrogen) atoms. The monoisotopic (exact) mass is 202 g/mol. The molecule has 1 unspecified atom stereocenters. The minimum Gasteiger partial charge on any atom is -0.366 e. The van der Waals surface area contributed by atoms with Gasteiger partial charge in [-0.15, -0.1) is 0 Å². The van der Waals surface area contributed by atoms with Crippen LogP contribution in [-0.4, -0.2) is 25.8 Å². The number of benzene rings is 1. The zero-order valence-corrected chi connectivity index (χ0v) is 8.81.